The van der Waals surface area contributed by atoms with Gasteiger partial charge in [0.1, 0.15) is 5.60 Å². The quantitative estimate of drug-likeness (QED) is 0.564. The minimum absolute atomic E-state index is 0.120. The highest BCUT2D eigenvalue weighted by Crippen LogP contribution is 2.30. The molecule has 0 radical (unpaired) electrons. The normalized spacial score (nSPS) is 14.0. The number of hydrogen-bond acceptors (Lipinski definition) is 4. The smallest absolute Gasteiger partial charge is 0.307 e. The number of rotatable bonds is 3. The highest BCUT2D eigenvalue weighted by Gasteiger charge is 2.35. The highest BCUT2D eigenvalue weighted by atomic mass is 16.6. The van der Waals surface area contributed by atoms with Crippen LogP contribution in [-0.4, -0.2) is 17.5 Å². The number of carbonyl (C=O) groups is 2. The zero-order valence-electron chi connectivity index (χ0n) is 11.4. The van der Waals surface area contributed by atoms with E-state index in [1.165, 1.54) is 0 Å². The van der Waals surface area contributed by atoms with Gasteiger partial charge >= 0.3 is 5.97 Å². The number of ether oxygens (including phenoxy) is 1. The first-order valence-corrected chi connectivity index (χ1v) is 5.56. The zero-order valence-corrected chi connectivity index (χ0v) is 11.4. The van der Waals surface area contributed by atoms with Crippen molar-refractivity contribution in [2.75, 3.05) is 0 Å². The van der Waals surface area contributed by atoms with Crippen LogP contribution in [-0.2, 0) is 14.3 Å². The van der Waals surface area contributed by atoms with E-state index in [4.69, 9.17) is 4.74 Å². The van der Waals surface area contributed by atoms with Crippen LogP contribution in [0, 0.1) is 16.2 Å². The number of esters is 1. The van der Waals surface area contributed by atoms with Gasteiger partial charge in [0.15, 0.2) is 0 Å². The van der Waals surface area contributed by atoms with Crippen molar-refractivity contribution >= 4 is 11.9 Å². The zero-order chi connectivity index (χ0) is 13.9. The molecule has 0 fully saturated rings. The van der Waals surface area contributed by atoms with Gasteiger partial charge < -0.3 is 4.74 Å². The Morgan fingerprint density at radius 1 is 1.12 bits per heavy atom. The number of carbonyl (C=O) groups excluding carboxylic acids is 2. The van der Waals surface area contributed by atoms with Crippen molar-refractivity contribution < 1.29 is 14.3 Å². The second kappa shape index (κ2) is 5.38. The second-order valence-corrected chi connectivity index (χ2v) is 6.14. The Morgan fingerprint density at radius 3 is 1.88 bits per heavy atom. The van der Waals surface area contributed by atoms with E-state index in [1.807, 2.05) is 0 Å². The molecule has 5 heteroatoms. The average Bonchev–Trinajstić information content (AvgIpc) is 2.08. The molecule has 17 heavy (non-hydrogen) atoms. The lowest BCUT2D eigenvalue weighted by molar-refractivity contribution is -0.158. The van der Waals surface area contributed by atoms with Crippen LogP contribution in [0.3, 0.4) is 0 Å². The Bertz CT molecular complexity index is 309. The van der Waals surface area contributed by atoms with Crippen molar-refractivity contribution in [3.8, 4) is 0 Å². The predicted octanol–water partition coefficient (Wildman–Crippen LogP) is 2.67. The van der Waals surface area contributed by atoms with E-state index >= 15 is 0 Å². The van der Waals surface area contributed by atoms with E-state index < -0.39 is 28.8 Å². The largest absolute Gasteiger partial charge is 0.460 e. The summed E-state index contributed by atoms with van der Waals surface area (Å²) >= 11 is 0. The summed E-state index contributed by atoms with van der Waals surface area (Å²) in [6.45, 7) is 10.6. The molecule has 0 aliphatic heterocycles. The standard InChI is InChI=1S/C12H21NO4/c1-11(2,3)8(10(15)13-16)7-9(14)17-12(4,5)6/h8H,7H2,1-6H3. The molecule has 0 aromatic rings. The molecule has 0 saturated carbocycles. The van der Waals surface area contributed by atoms with E-state index in [9.17, 15) is 14.5 Å². The lowest BCUT2D eigenvalue weighted by atomic mass is 9.78. The van der Waals surface area contributed by atoms with Gasteiger partial charge in [-0.3, -0.25) is 9.59 Å². The van der Waals surface area contributed by atoms with Crippen molar-refractivity contribution in [2.45, 2.75) is 53.6 Å². The molecule has 0 aromatic heterocycles. The SMILES string of the molecule is CC(C)(C)OC(=O)CC(C(=O)N=O)C(C)(C)C. The van der Waals surface area contributed by atoms with Crippen molar-refractivity contribution in [3.05, 3.63) is 4.91 Å². The summed E-state index contributed by atoms with van der Waals surface area (Å²) in [7, 11) is 0. The monoisotopic (exact) mass is 243 g/mol. The fraction of sp³-hybridized carbons (Fsp3) is 0.833. The summed E-state index contributed by atoms with van der Waals surface area (Å²) in [5, 5.41) is 2.41. The maximum atomic E-state index is 11.6. The molecule has 0 aromatic carbocycles. The van der Waals surface area contributed by atoms with Crippen LogP contribution in [0.15, 0.2) is 5.18 Å². The van der Waals surface area contributed by atoms with Crippen molar-refractivity contribution in [3.63, 3.8) is 0 Å². The minimum Gasteiger partial charge on any atom is -0.460 e. The Morgan fingerprint density at radius 2 is 1.59 bits per heavy atom. The fourth-order valence-electron chi connectivity index (χ4n) is 1.38. The van der Waals surface area contributed by atoms with E-state index in [2.05, 4.69) is 5.18 Å². The van der Waals surface area contributed by atoms with E-state index in [1.54, 1.807) is 41.5 Å². The third kappa shape index (κ3) is 6.14. The molecule has 0 aliphatic carbocycles. The van der Waals surface area contributed by atoms with Crippen LogP contribution in [0.5, 0.6) is 0 Å². The number of hydrogen-bond donors (Lipinski definition) is 0. The second-order valence-electron chi connectivity index (χ2n) is 6.14. The summed E-state index contributed by atoms with van der Waals surface area (Å²) in [5.41, 5.74) is -1.10. The number of amides is 1. The van der Waals surface area contributed by atoms with Gasteiger partial charge in [0, 0.05) is 5.18 Å². The van der Waals surface area contributed by atoms with Crippen molar-refractivity contribution in [1.82, 2.24) is 0 Å². The molecule has 0 aliphatic rings. The maximum Gasteiger partial charge on any atom is 0.307 e. The molecule has 1 amide bonds. The Labute approximate surface area is 102 Å². The van der Waals surface area contributed by atoms with Gasteiger partial charge in [0.25, 0.3) is 5.91 Å². The van der Waals surface area contributed by atoms with Gasteiger partial charge in [-0.1, -0.05) is 20.8 Å². The maximum absolute atomic E-state index is 11.6. The lowest BCUT2D eigenvalue weighted by Gasteiger charge is -2.28. The number of nitrogens with zero attached hydrogens (tertiary/aromatic N) is 1. The average molecular weight is 243 g/mol. The van der Waals surface area contributed by atoms with Gasteiger partial charge in [0.2, 0.25) is 0 Å². The van der Waals surface area contributed by atoms with E-state index in [0.717, 1.165) is 0 Å². The molecule has 5 nitrogen and oxygen atoms in total. The van der Waals surface area contributed by atoms with Crippen molar-refractivity contribution in [1.29, 1.82) is 0 Å². The first kappa shape index (κ1) is 15.7. The van der Waals surface area contributed by atoms with E-state index in [0.29, 0.717) is 0 Å². The van der Waals surface area contributed by atoms with Crippen LogP contribution in [0.2, 0.25) is 0 Å². The van der Waals surface area contributed by atoms with Gasteiger partial charge in [0.05, 0.1) is 12.3 Å². The molecule has 1 atom stereocenters. The van der Waals surface area contributed by atoms with E-state index in [-0.39, 0.29) is 6.42 Å². The molecule has 1 unspecified atom stereocenters. The topological polar surface area (TPSA) is 72.8 Å². The molecule has 98 valence electrons. The van der Waals surface area contributed by atoms with Crippen LogP contribution in [0.1, 0.15) is 48.0 Å². The van der Waals surface area contributed by atoms with Crippen LogP contribution in [0.4, 0.5) is 0 Å². The first-order chi connectivity index (χ1) is 7.47. The molecule has 0 saturated heterocycles. The summed E-state index contributed by atoms with van der Waals surface area (Å²) in [6.07, 6.45) is -0.120. The van der Waals surface area contributed by atoms with Crippen LogP contribution >= 0.6 is 0 Å². The third-order valence-corrected chi connectivity index (χ3v) is 2.22. The molecule has 0 spiro atoms. The lowest BCUT2D eigenvalue weighted by Crippen LogP contribution is -2.33. The van der Waals surface area contributed by atoms with Crippen LogP contribution in [0.25, 0.3) is 0 Å². The highest BCUT2D eigenvalue weighted by molar-refractivity contribution is 5.84. The van der Waals surface area contributed by atoms with Gasteiger partial charge in [-0.15, -0.1) is 4.91 Å². The summed E-state index contributed by atoms with van der Waals surface area (Å²) < 4.78 is 5.12. The molecule has 0 bridgehead atoms. The molecular formula is C12H21NO4. The molecular weight excluding hydrogens is 222 g/mol. The molecule has 0 rings (SSSR count). The predicted molar refractivity (Wildman–Crippen MR) is 64.2 cm³/mol. The fourth-order valence-corrected chi connectivity index (χ4v) is 1.38. The van der Waals surface area contributed by atoms with Gasteiger partial charge in [-0.25, -0.2) is 0 Å². The first-order valence-electron chi connectivity index (χ1n) is 5.56. The van der Waals surface area contributed by atoms with Gasteiger partial charge in [-0.2, -0.15) is 0 Å². The third-order valence-electron chi connectivity index (χ3n) is 2.22. The summed E-state index contributed by atoms with van der Waals surface area (Å²) in [5.74, 6) is -2.03. The summed E-state index contributed by atoms with van der Waals surface area (Å²) in [6, 6.07) is 0. The Kier molecular flexibility index (Phi) is 4.98. The summed E-state index contributed by atoms with van der Waals surface area (Å²) in [4.78, 5) is 33.3. The Balaban J connectivity index is 4.73. The Hall–Kier alpha value is -1.26. The van der Waals surface area contributed by atoms with Crippen molar-refractivity contribution in [2.24, 2.45) is 16.5 Å². The molecule has 0 N–H and O–H groups in total. The minimum atomic E-state index is -0.802. The number of nitroso groups, excluding NO2 is 1. The van der Waals surface area contributed by atoms with Gasteiger partial charge in [-0.05, 0) is 26.2 Å². The van der Waals surface area contributed by atoms with Crippen LogP contribution < -0.4 is 0 Å². The molecule has 0 heterocycles.